The molecule has 86 valence electrons. The first kappa shape index (κ1) is 11.1. The number of hydrogen-bond donors (Lipinski definition) is 1. The van der Waals surface area contributed by atoms with Gasteiger partial charge in [-0.2, -0.15) is 0 Å². The van der Waals surface area contributed by atoms with Gasteiger partial charge in [-0.25, -0.2) is 0 Å². The van der Waals surface area contributed by atoms with Gasteiger partial charge in [0.2, 0.25) is 0 Å². The lowest BCUT2D eigenvalue weighted by Crippen LogP contribution is -2.43. The van der Waals surface area contributed by atoms with Crippen molar-refractivity contribution in [2.45, 2.75) is 0 Å². The third-order valence-corrected chi connectivity index (χ3v) is 2.36. The quantitative estimate of drug-likeness (QED) is 0.585. The van der Waals surface area contributed by atoms with Gasteiger partial charge in [-0.3, -0.25) is 19.7 Å². The number of ether oxygens (including phenoxy) is 1. The maximum Gasteiger partial charge on any atom is 0.302 e. The van der Waals surface area contributed by atoms with E-state index in [-0.39, 0.29) is 11.3 Å². The summed E-state index contributed by atoms with van der Waals surface area (Å²) < 4.78 is 4.86. The number of imide groups is 1. The van der Waals surface area contributed by atoms with Gasteiger partial charge in [0.15, 0.2) is 5.76 Å². The van der Waals surface area contributed by atoms with Crippen molar-refractivity contribution in [1.29, 1.82) is 0 Å². The molecule has 0 saturated heterocycles. The van der Waals surface area contributed by atoms with Crippen LogP contribution in [0.4, 0.5) is 0 Å². The number of benzene rings is 1. The topological polar surface area (TPSA) is 72.5 Å². The smallest absolute Gasteiger partial charge is 0.302 e. The molecule has 17 heavy (non-hydrogen) atoms. The van der Waals surface area contributed by atoms with Crippen LogP contribution < -0.4 is 5.32 Å². The zero-order chi connectivity index (χ0) is 12.4. The molecule has 0 aliphatic carbocycles. The monoisotopic (exact) mass is 231 g/mol. The second kappa shape index (κ2) is 4.21. The number of rotatable bonds is 2. The largest absolute Gasteiger partial charge is 0.492 e. The summed E-state index contributed by atoms with van der Waals surface area (Å²) in [6, 6.07) is 8.56. The van der Waals surface area contributed by atoms with Gasteiger partial charge in [-0.1, -0.05) is 30.3 Å². The van der Waals surface area contributed by atoms with Crippen molar-refractivity contribution in [3.63, 3.8) is 0 Å². The summed E-state index contributed by atoms with van der Waals surface area (Å²) in [7, 11) is 1.25. The second-order valence-electron chi connectivity index (χ2n) is 3.39. The van der Waals surface area contributed by atoms with Crippen molar-refractivity contribution >= 4 is 23.2 Å². The Morgan fingerprint density at radius 1 is 1.00 bits per heavy atom. The third kappa shape index (κ3) is 1.82. The number of carbonyl (C=O) groups is 3. The highest BCUT2D eigenvalue weighted by molar-refractivity contribution is 6.52. The van der Waals surface area contributed by atoms with Crippen LogP contribution in [0.2, 0.25) is 0 Å². The molecule has 1 heterocycles. The van der Waals surface area contributed by atoms with Crippen LogP contribution in [0, 0.1) is 0 Å². The summed E-state index contributed by atoms with van der Waals surface area (Å²) in [6.45, 7) is 0. The summed E-state index contributed by atoms with van der Waals surface area (Å²) in [6.07, 6.45) is 0. The Morgan fingerprint density at radius 3 is 2.24 bits per heavy atom. The average molecular weight is 231 g/mol. The van der Waals surface area contributed by atoms with Crippen LogP contribution in [0.3, 0.4) is 0 Å². The van der Waals surface area contributed by atoms with E-state index in [1.165, 1.54) is 7.11 Å². The first-order valence-electron chi connectivity index (χ1n) is 4.89. The number of nitrogens with one attached hydrogen (secondary N) is 1. The van der Waals surface area contributed by atoms with Crippen LogP contribution in [-0.2, 0) is 19.1 Å². The predicted octanol–water partition coefficient (Wildman–Crippen LogP) is 0.270. The molecule has 1 aliphatic rings. The second-order valence-corrected chi connectivity index (χ2v) is 3.39. The van der Waals surface area contributed by atoms with Gasteiger partial charge in [0.05, 0.1) is 12.7 Å². The van der Waals surface area contributed by atoms with Crippen molar-refractivity contribution in [2.24, 2.45) is 0 Å². The van der Waals surface area contributed by atoms with Gasteiger partial charge in [0.1, 0.15) is 0 Å². The predicted molar refractivity (Wildman–Crippen MR) is 58.5 cm³/mol. The van der Waals surface area contributed by atoms with Crippen LogP contribution in [0.5, 0.6) is 0 Å². The number of hydrogen-bond acceptors (Lipinski definition) is 4. The van der Waals surface area contributed by atoms with Gasteiger partial charge in [0.25, 0.3) is 11.7 Å². The van der Waals surface area contributed by atoms with Crippen molar-refractivity contribution < 1.29 is 19.1 Å². The lowest BCUT2D eigenvalue weighted by atomic mass is 9.99. The molecule has 1 aliphatic heterocycles. The minimum absolute atomic E-state index is 0.0812. The Morgan fingerprint density at radius 2 is 1.65 bits per heavy atom. The first-order valence-corrected chi connectivity index (χ1v) is 4.89. The fraction of sp³-hybridized carbons (Fsp3) is 0.0833. The maximum absolute atomic E-state index is 11.7. The van der Waals surface area contributed by atoms with Crippen molar-refractivity contribution in [1.82, 2.24) is 5.32 Å². The van der Waals surface area contributed by atoms with Gasteiger partial charge in [-0.05, 0) is 5.56 Å². The molecule has 0 atom stereocenters. The summed E-state index contributed by atoms with van der Waals surface area (Å²) >= 11 is 0. The van der Waals surface area contributed by atoms with Crippen LogP contribution in [0.15, 0.2) is 36.1 Å². The minimum atomic E-state index is -0.966. The molecule has 1 aromatic carbocycles. The lowest BCUT2D eigenvalue weighted by molar-refractivity contribution is -0.140. The molecule has 0 saturated carbocycles. The third-order valence-electron chi connectivity index (χ3n) is 2.36. The Balaban J connectivity index is 2.62. The normalized spacial score (nSPS) is 15.9. The molecule has 5 nitrogen and oxygen atoms in total. The van der Waals surface area contributed by atoms with Crippen LogP contribution >= 0.6 is 0 Å². The molecular formula is C12H9NO4. The molecule has 2 amide bonds. The molecule has 0 unspecified atom stereocenters. The van der Waals surface area contributed by atoms with Gasteiger partial charge < -0.3 is 4.74 Å². The van der Waals surface area contributed by atoms with E-state index in [1.807, 2.05) is 5.32 Å². The molecule has 2 rings (SSSR count). The molecule has 1 aromatic rings. The van der Waals surface area contributed by atoms with E-state index in [2.05, 4.69) is 0 Å². The Labute approximate surface area is 97.1 Å². The summed E-state index contributed by atoms with van der Waals surface area (Å²) in [5, 5.41) is 1.98. The maximum atomic E-state index is 11.7. The molecule has 1 N–H and O–H groups in total. The molecule has 0 bridgehead atoms. The fourth-order valence-electron chi connectivity index (χ4n) is 1.60. The van der Waals surface area contributed by atoms with Crippen molar-refractivity contribution in [3.8, 4) is 0 Å². The number of methoxy groups -OCH3 is 1. The number of ketones is 1. The van der Waals surface area contributed by atoms with Gasteiger partial charge >= 0.3 is 5.91 Å². The highest BCUT2D eigenvalue weighted by Gasteiger charge is 2.34. The fourth-order valence-corrected chi connectivity index (χ4v) is 1.60. The van der Waals surface area contributed by atoms with Crippen LogP contribution in [0.1, 0.15) is 5.56 Å². The lowest BCUT2D eigenvalue weighted by Gasteiger charge is -2.17. The van der Waals surface area contributed by atoms with E-state index in [4.69, 9.17) is 4.74 Å². The van der Waals surface area contributed by atoms with E-state index in [0.29, 0.717) is 5.56 Å². The molecule has 5 heteroatoms. The minimum Gasteiger partial charge on any atom is -0.492 e. The Hall–Kier alpha value is -2.43. The molecule has 0 spiro atoms. The van der Waals surface area contributed by atoms with E-state index in [9.17, 15) is 14.4 Å². The molecular weight excluding hydrogens is 222 g/mol. The number of amides is 2. The Bertz CT molecular complexity index is 531. The zero-order valence-corrected chi connectivity index (χ0v) is 9.02. The number of Topliss-reactive ketones (excluding diaryl/α,β-unsaturated/α-hetero) is 1. The van der Waals surface area contributed by atoms with E-state index >= 15 is 0 Å². The molecule has 0 aromatic heterocycles. The van der Waals surface area contributed by atoms with Crippen molar-refractivity contribution in [2.75, 3.05) is 7.11 Å². The highest BCUT2D eigenvalue weighted by Crippen LogP contribution is 2.22. The average Bonchev–Trinajstić information content (AvgIpc) is 2.34. The van der Waals surface area contributed by atoms with Gasteiger partial charge in [-0.15, -0.1) is 0 Å². The number of carbonyl (C=O) groups excluding carboxylic acids is 3. The zero-order valence-electron chi connectivity index (χ0n) is 9.02. The molecule has 0 radical (unpaired) electrons. The van der Waals surface area contributed by atoms with E-state index in [1.54, 1.807) is 30.3 Å². The van der Waals surface area contributed by atoms with Gasteiger partial charge in [0, 0.05) is 0 Å². The van der Waals surface area contributed by atoms with Crippen molar-refractivity contribution in [3.05, 3.63) is 41.7 Å². The molecule has 0 fully saturated rings. The van der Waals surface area contributed by atoms with E-state index in [0.717, 1.165) is 0 Å². The Kier molecular flexibility index (Phi) is 2.74. The van der Waals surface area contributed by atoms with E-state index < -0.39 is 17.6 Å². The summed E-state index contributed by atoms with van der Waals surface area (Å²) in [5.74, 6) is -2.65. The SMILES string of the molecule is COC1=C(c2ccccc2)C(=O)NC(=O)C1=O. The standard InChI is InChI=1S/C12H9NO4/c1-17-10-8(7-5-3-2-4-6-7)11(15)13-12(16)9(10)14/h2-6H,1H3,(H,13,15,16). The van der Waals surface area contributed by atoms with Crippen LogP contribution in [0.25, 0.3) is 5.57 Å². The highest BCUT2D eigenvalue weighted by atomic mass is 16.5. The van der Waals surface area contributed by atoms with Crippen LogP contribution in [-0.4, -0.2) is 24.7 Å². The summed E-state index contributed by atoms with van der Waals surface area (Å²) in [5.41, 5.74) is 0.611. The summed E-state index contributed by atoms with van der Waals surface area (Å²) in [4.78, 5) is 34.4. The first-order chi connectivity index (χ1) is 8.15.